The lowest BCUT2D eigenvalue weighted by Crippen LogP contribution is -2.50. The fraction of sp³-hybridized carbons (Fsp3) is 0.750. The second kappa shape index (κ2) is 6.69. The summed E-state index contributed by atoms with van der Waals surface area (Å²) in [4.78, 5) is 12.0. The number of nitrogens with zero attached hydrogens (tertiary/aromatic N) is 2. The van der Waals surface area contributed by atoms with Crippen molar-refractivity contribution in [3.05, 3.63) is 18.0 Å². The van der Waals surface area contributed by atoms with E-state index < -0.39 is 0 Å². The maximum Gasteiger partial charge on any atom is 0.315 e. The van der Waals surface area contributed by atoms with Crippen LogP contribution in [0, 0.1) is 0 Å². The maximum absolute atomic E-state index is 12.0. The number of hydrogen-bond donors (Lipinski definition) is 2. The van der Waals surface area contributed by atoms with Gasteiger partial charge in [-0.3, -0.25) is 4.68 Å². The van der Waals surface area contributed by atoms with Crippen molar-refractivity contribution in [2.45, 2.75) is 56.6 Å². The SMILES string of the molecule is Cn1cc(CCNC(=O)NC2CCOC3(CCCC3)C2)cn1. The predicted octanol–water partition coefficient (Wildman–Crippen LogP) is 1.75. The summed E-state index contributed by atoms with van der Waals surface area (Å²) in [6.45, 7) is 1.40. The van der Waals surface area contributed by atoms with Gasteiger partial charge in [-0.1, -0.05) is 12.8 Å². The third-order valence-corrected chi connectivity index (χ3v) is 4.80. The number of aromatic nitrogens is 2. The number of urea groups is 1. The quantitative estimate of drug-likeness (QED) is 0.890. The van der Waals surface area contributed by atoms with Gasteiger partial charge in [0, 0.05) is 32.4 Å². The largest absolute Gasteiger partial charge is 0.375 e. The molecule has 1 saturated carbocycles. The molecule has 2 aliphatic rings. The van der Waals surface area contributed by atoms with Gasteiger partial charge >= 0.3 is 6.03 Å². The highest BCUT2D eigenvalue weighted by Gasteiger charge is 2.40. The highest BCUT2D eigenvalue weighted by molar-refractivity contribution is 5.74. The molecule has 1 aromatic rings. The Morgan fingerprint density at radius 3 is 3.05 bits per heavy atom. The van der Waals surface area contributed by atoms with Gasteiger partial charge in [0.15, 0.2) is 0 Å². The topological polar surface area (TPSA) is 68.2 Å². The second-order valence-electron chi connectivity index (χ2n) is 6.60. The van der Waals surface area contributed by atoms with Crippen LogP contribution in [0.5, 0.6) is 0 Å². The van der Waals surface area contributed by atoms with E-state index in [0.29, 0.717) is 6.54 Å². The number of carbonyl (C=O) groups excluding carboxylic acids is 1. The van der Waals surface area contributed by atoms with Gasteiger partial charge in [0.1, 0.15) is 0 Å². The van der Waals surface area contributed by atoms with E-state index in [4.69, 9.17) is 4.74 Å². The molecule has 0 aromatic carbocycles. The highest BCUT2D eigenvalue weighted by atomic mass is 16.5. The van der Waals surface area contributed by atoms with Crippen LogP contribution >= 0.6 is 0 Å². The Kier molecular flexibility index (Phi) is 4.66. The number of rotatable bonds is 4. The molecule has 1 unspecified atom stereocenters. The summed E-state index contributed by atoms with van der Waals surface area (Å²) in [5.41, 5.74) is 1.19. The molecular formula is C16H26N4O2. The molecule has 122 valence electrons. The molecule has 2 amide bonds. The number of aryl methyl sites for hydroxylation is 1. The first kappa shape index (κ1) is 15.3. The summed E-state index contributed by atoms with van der Waals surface area (Å²) in [6, 6.07) is 0.175. The van der Waals surface area contributed by atoms with Gasteiger partial charge in [0.05, 0.1) is 11.8 Å². The van der Waals surface area contributed by atoms with Crippen LogP contribution in [0.2, 0.25) is 0 Å². The molecule has 2 N–H and O–H groups in total. The molecule has 2 heterocycles. The molecule has 1 spiro atoms. The zero-order chi connectivity index (χ0) is 15.4. The Balaban J connectivity index is 1.39. The summed E-state index contributed by atoms with van der Waals surface area (Å²) in [7, 11) is 1.90. The van der Waals surface area contributed by atoms with Gasteiger partial charge in [0.2, 0.25) is 0 Å². The Labute approximate surface area is 131 Å². The lowest BCUT2D eigenvalue weighted by atomic mass is 9.89. The maximum atomic E-state index is 12.0. The molecule has 1 saturated heterocycles. The van der Waals surface area contributed by atoms with Crippen LogP contribution in [-0.2, 0) is 18.2 Å². The Bertz CT molecular complexity index is 508. The van der Waals surface area contributed by atoms with Crippen molar-refractivity contribution in [1.82, 2.24) is 20.4 Å². The predicted molar refractivity (Wildman–Crippen MR) is 83.6 cm³/mol. The van der Waals surface area contributed by atoms with E-state index in [9.17, 15) is 4.79 Å². The summed E-state index contributed by atoms with van der Waals surface area (Å²) in [5.74, 6) is 0. The Morgan fingerprint density at radius 2 is 2.32 bits per heavy atom. The van der Waals surface area contributed by atoms with E-state index in [1.165, 1.54) is 12.8 Å². The van der Waals surface area contributed by atoms with E-state index in [1.807, 2.05) is 19.4 Å². The monoisotopic (exact) mass is 306 g/mol. The molecular weight excluding hydrogens is 280 g/mol. The van der Waals surface area contributed by atoms with E-state index in [1.54, 1.807) is 4.68 Å². The molecule has 1 aromatic heterocycles. The normalized spacial score (nSPS) is 23.6. The smallest absolute Gasteiger partial charge is 0.315 e. The van der Waals surface area contributed by atoms with E-state index >= 15 is 0 Å². The van der Waals surface area contributed by atoms with Crippen molar-refractivity contribution in [3.63, 3.8) is 0 Å². The number of nitrogens with one attached hydrogen (secondary N) is 2. The Morgan fingerprint density at radius 1 is 1.50 bits per heavy atom. The van der Waals surface area contributed by atoms with Crippen LogP contribution in [0.4, 0.5) is 4.79 Å². The first-order valence-electron chi connectivity index (χ1n) is 8.31. The molecule has 6 nitrogen and oxygen atoms in total. The number of hydrogen-bond acceptors (Lipinski definition) is 3. The highest BCUT2D eigenvalue weighted by Crippen LogP contribution is 2.39. The third-order valence-electron chi connectivity index (χ3n) is 4.80. The minimum Gasteiger partial charge on any atom is -0.375 e. The molecule has 1 aliphatic carbocycles. The van der Waals surface area contributed by atoms with E-state index in [-0.39, 0.29) is 17.7 Å². The lowest BCUT2D eigenvalue weighted by Gasteiger charge is -2.38. The first-order valence-corrected chi connectivity index (χ1v) is 8.31. The van der Waals surface area contributed by atoms with Crippen molar-refractivity contribution in [2.24, 2.45) is 7.05 Å². The minimum absolute atomic E-state index is 0.0475. The number of carbonyl (C=O) groups is 1. The van der Waals surface area contributed by atoms with Crippen molar-refractivity contribution in [2.75, 3.05) is 13.2 Å². The van der Waals surface area contributed by atoms with E-state index in [0.717, 1.165) is 44.3 Å². The fourth-order valence-electron chi connectivity index (χ4n) is 3.68. The van der Waals surface area contributed by atoms with Crippen LogP contribution in [0.1, 0.15) is 44.1 Å². The Hall–Kier alpha value is -1.56. The average Bonchev–Trinajstić information content (AvgIpc) is 3.09. The molecule has 3 rings (SSSR count). The third kappa shape index (κ3) is 3.80. The summed E-state index contributed by atoms with van der Waals surface area (Å²) < 4.78 is 7.77. The van der Waals surface area contributed by atoms with Gasteiger partial charge in [0.25, 0.3) is 0 Å². The van der Waals surface area contributed by atoms with Crippen molar-refractivity contribution < 1.29 is 9.53 Å². The molecule has 22 heavy (non-hydrogen) atoms. The summed E-state index contributed by atoms with van der Waals surface area (Å²) in [5, 5.41) is 10.2. The molecule has 2 fully saturated rings. The van der Waals surface area contributed by atoms with Crippen molar-refractivity contribution in [1.29, 1.82) is 0 Å². The standard InChI is InChI=1S/C16H26N4O2/c1-20-12-13(11-18-20)4-8-17-15(21)19-14-5-9-22-16(10-14)6-2-3-7-16/h11-12,14H,2-10H2,1H3,(H2,17,19,21). The van der Waals surface area contributed by atoms with Crippen LogP contribution in [0.3, 0.4) is 0 Å². The molecule has 0 radical (unpaired) electrons. The van der Waals surface area contributed by atoms with Crippen LogP contribution < -0.4 is 10.6 Å². The number of amides is 2. The van der Waals surface area contributed by atoms with Crippen LogP contribution in [0.15, 0.2) is 12.4 Å². The van der Waals surface area contributed by atoms with Crippen molar-refractivity contribution in [3.8, 4) is 0 Å². The van der Waals surface area contributed by atoms with Crippen LogP contribution in [0.25, 0.3) is 0 Å². The fourth-order valence-corrected chi connectivity index (χ4v) is 3.68. The number of ether oxygens (including phenoxy) is 1. The van der Waals surface area contributed by atoms with Gasteiger partial charge in [-0.15, -0.1) is 0 Å². The zero-order valence-electron chi connectivity index (χ0n) is 13.3. The van der Waals surface area contributed by atoms with Gasteiger partial charge < -0.3 is 15.4 Å². The first-order chi connectivity index (χ1) is 10.7. The summed E-state index contributed by atoms with van der Waals surface area (Å²) >= 11 is 0. The van der Waals surface area contributed by atoms with Crippen molar-refractivity contribution >= 4 is 6.03 Å². The zero-order valence-corrected chi connectivity index (χ0v) is 13.3. The molecule has 6 heteroatoms. The van der Waals surface area contributed by atoms with Crippen LogP contribution in [-0.4, -0.2) is 40.6 Å². The molecule has 1 aliphatic heterocycles. The van der Waals surface area contributed by atoms with Gasteiger partial charge in [-0.25, -0.2) is 4.79 Å². The van der Waals surface area contributed by atoms with Gasteiger partial charge in [-0.05, 0) is 37.7 Å². The summed E-state index contributed by atoms with van der Waals surface area (Å²) in [6.07, 6.45) is 11.3. The average molecular weight is 306 g/mol. The van der Waals surface area contributed by atoms with Gasteiger partial charge in [-0.2, -0.15) is 5.10 Å². The lowest BCUT2D eigenvalue weighted by molar-refractivity contribution is -0.0820. The molecule has 0 bridgehead atoms. The second-order valence-corrected chi connectivity index (χ2v) is 6.60. The van der Waals surface area contributed by atoms with E-state index in [2.05, 4.69) is 15.7 Å². The molecule has 1 atom stereocenters. The minimum atomic E-state index is -0.0658.